The van der Waals surface area contributed by atoms with Crippen LogP contribution in [0.5, 0.6) is 0 Å². The lowest BCUT2D eigenvalue weighted by Gasteiger charge is -2.13. The molecule has 1 unspecified atom stereocenters. The van der Waals surface area contributed by atoms with Crippen molar-refractivity contribution in [3.05, 3.63) is 70.0 Å². The standard InChI is InChI=1S/C13H8ClF3O/c14-10-5-7(1-4-11(10)16)13(18)9-3-2-8(15)6-12(9)17/h1-6,13,18H. The highest BCUT2D eigenvalue weighted by atomic mass is 35.5. The second-order valence-electron chi connectivity index (χ2n) is 3.74. The fraction of sp³-hybridized carbons (Fsp3) is 0.0769. The summed E-state index contributed by atoms with van der Waals surface area (Å²) in [5.41, 5.74) is 0.131. The minimum Gasteiger partial charge on any atom is -0.384 e. The molecular formula is C13H8ClF3O. The van der Waals surface area contributed by atoms with Crippen LogP contribution in [0.3, 0.4) is 0 Å². The molecule has 94 valence electrons. The van der Waals surface area contributed by atoms with Gasteiger partial charge in [-0.2, -0.15) is 0 Å². The fourth-order valence-corrected chi connectivity index (χ4v) is 1.77. The van der Waals surface area contributed by atoms with E-state index in [1.165, 1.54) is 12.1 Å². The molecule has 2 aromatic rings. The Morgan fingerprint density at radius 1 is 0.944 bits per heavy atom. The summed E-state index contributed by atoms with van der Waals surface area (Å²) in [7, 11) is 0. The molecule has 0 saturated carbocycles. The van der Waals surface area contributed by atoms with Gasteiger partial charge < -0.3 is 5.11 Å². The van der Waals surface area contributed by atoms with E-state index >= 15 is 0 Å². The van der Waals surface area contributed by atoms with Gasteiger partial charge in [-0.05, 0) is 23.8 Å². The second-order valence-corrected chi connectivity index (χ2v) is 4.15. The van der Waals surface area contributed by atoms with E-state index in [0.29, 0.717) is 6.07 Å². The zero-order valence-corrected chi connectivity index (χ0v) is 9.76. The van der Waals surface area contributed by atoms with Crippen LogP contribution in [0.25, 0.3) is 0 Å². The van der Waals surface area contributed by atoms with E-state index in [1.54, 1.807) is 0 Å². The Morgan fingerprint density at radius 2 is 1.67 bits per heavy atom. The van der Waals surface area contributed by atoms with Crippen molar-refractivity contribution in [2.75, 3.05) is 0 Å². The van der Waals surface area contributed by atoms with Crippen molar-refractivity contribution in [2.24, 2.45) is 0 Å². The van der Waals surface area contributed by atoms with Crippen molar-refractivity contribution in [1.82, 2.24) is 0 Å². The largest absolute Gasteiger partial charge is 0.384 e. The van der Waals surface area contributed by atoms with Gasteiger partial charge in [0.15, 0.2) is 0 Å². The Bertz CT molecular complexity index is 586. The molecule has 0 fully saturated rings. The van der Waals surface area contributed by atoms with Crippen molar-refractivity contribution in [3.63, 3.8) is 0 Å². The SMILES string of the molecule is OC(c1ccc(F)c(Cl)c1)c1ccc(F)cc1F. The van der Waals surface area contributed by atoms with Gasteiger partial charge in [-0.25, -0.2) is 13.2 Å². The molecule has 1 nitrogen and oxygen atoms in total. The van der Waals surface area contributed by atoms with E-state index in [0.717, 1.165) is 18.2 Å². The second kappa shape index (κ2) is 5.00. The van der Waals surface area contributed by atoms with Crippen LogP contribution in [0, 0.1) is 17.5 Å². The van der Waals surface area contributed by atoms with Gasteiger partial charge in [0.2, 0.25) is 0 Å². The summed E-state index contributed by atoms with van der Waals surface area (Å²) in [5, 5.41) is 9.76. The van der Waals surface area contributed by atoms with Crippen LogP contribution in [-0.2, 0) is 0 Å². The summed E-state index contributed by atoms with van der Waals surface area (Å²) in [6.45, 7) is 0. The maximum absolute atomic E-state index is 13.5. The number of aliphatic hydroxyl groups is 1. The summed E-state index contributed by atoms with van der Waals surface area (Å²) in [6.07, 6.45) is -1.33. The minimum absolute atomic E-state index is 0.0981. The van der Waals surface area contributed by atoms with E-state index in [9.17, 15) is 18.3 Å². The number of hydrogen-bond acceptors (Lipinski definition) is 1. The molecular weight excluding hydrogens is 265 g/mol. The third kappa shape index (κ3) is 2.49. The molecule has 0 amide bonds. The lowest BCUT2D eigenvalue weighted by atomic mass is 10.0. The molecule has 0 bridgehead atoms. The Labute approximate surface area is 106 Å². The van der Waals surface area contributed by atoms with Crippen molar-refractivity contribution in [3.8, 4) is 0 Å². The van der Waals surface area contributed by atoms with Crippen LogP contribution in [-0.4, -0.2) is 5.11 Å². The molecule has 0 aromatic heterocycles. The zero-order chi connectivity index (χ0) is 13.3. The molecule has 2 rings (SSSR count). The van der Waals surface area contributed by atoms with Crippen LogP contribution in [0.4, 0.5) is 13.2 Å². The van der Waals surface area contributed by atoms with Gasteiger partial charge in [-0.15, -0.1) is 0 Å². The Hall–Kier alpha value is -1.52. The maximum Gasteiger partial charge on any atom is 0.141 e. The number of hydrogen-bond donors (Lipinski definition) is 1. The topological polar surface area (TPSA) is 20.2 Å². The number of halogens is 4. The molecule has 0 radical (unpaired) electrons. The monoisotopic (exact) mass is 272 g/mol. The van der Waals surface area contributed by atoms with Crippen LogP contribution in [0.15, 0.2) is 36.4 Å². The molecule has 0 aliphatic heterocycles. The van der Waals surface area contributed by atoms with Crippen LogP contribution >= 0.6 is 11.6 Å². The molecule has 1 atom stereocenters. The fourth-order valence-electron chi connectivity index (χ4n) is 1.59. The first-order valence-corrected chi connectivity index (χ1v) is 5.45. The van der Waals surface area contributed by atoms with E-state index < -0.39 is 23.6 Å². The highest BCUT2D eigenvalue weighted by Gasteiger charge is 2.16. The predicted octanol–water partition coefficient (Wildman–Crippen LogP) is 3.84. The predicted molar refractivity (Wildman–Crippen MR) is 61.8 cm³/mol. The lowest BCUT2D eigenvalue weighted by Crippen LogP contribution is -2.03. The van der Waals surface area contributed by atoms with Gasteiger partial charge in [0.25, 0.3) is 0 Å². The molecule has 5 heteroatoms. The summed E-state index contributed by atoms with van der Waals surface area (Å²) in [5.74, 6) is -2.24. The normalized spacial score (nSPS) is 12.5. The lowest BCUT2D eigenvalue weighted by molar-refractivity contribution is 0.214. The average molecular weight is 273 g/mol. The number of rotatable bonds is 2. The first-order valence-electron chi connectivity index (χ1n) is 5.07. The van der Waals surface area contributed by atoms with Gasteiger partial charge in [0, 0.05) is 11.6 Å². The van der Waals surface area contributed by atoms with Crippen LogP contribution in [0.2, 0.25) is 5.02 Å². The van der Waals surface area contributed by atoms with Gasteiger partial charge in [-0.3, -0.25) is 0 Å². The Morgan fingerprint density at radius 3 is 2.28 bits per heavy atom. The third-order valence-electron chi connectivity index (χ3n) is 2.52. The highest BCUT2D eigenvalue weighted by molar-refractivity contribution is 6.30. The smallest absolute Gasteiger partial charge is 0.141 e. The van der Waals surface area contributed by atoms with Crippen LogP contribution < -0.4 is 0 Å². The van der Waals surface area contributed by atoms with Crippen LogP contribution in [0.1, 0.15) is 17.2 Å². The summed E-state index contributed by atoms with van der Waals surface area (Å²) in [4.78, 5) is 0. The molecule has 0 aliphatic rings. The Balaban J connectivity index is 2.41. The van der Waals surface area contributed by atoms with Crippen molar-refractivity contribution >= 4 is 11.6 Å². The van der Waals surface area contributed by atoms with Gasteiger partial charge in [-0.1, -0.05) is 23.7 Å². The summed E-state index contributed by atoms with van der Waals surface area (Å²) in [6, 6.07) is 6.39. The van der Waals surface area contributed by atoms with Gasteiger partial charge in [0.1, 0.15) is 23.6 Å². The highest BCUT2D eigenvalue weighted by Crippen LogP contribution is 2.27. The van der Waals surface area contributed by atoms with Gasteiger partial charge in [0.05, 0.1) is 5.02 Å². The molecule has 0 saturated heterocycles. The maximum atomic E-state index is 13.5. The summed E-state index contributed by atoms with van der Waals surface area (Å²) < 4.78 is 39.2. The van der Waals surface area contributed by atoms with E-state index in [2.05, 4.69) is 0 Å². The van der Waals surface area contributed by atoms with E-state index in [4.69, 9.17) is 11.6 Å². The average Bonchev–Trinajstić information content (AvgIpc) is 2.32. The first kappa shape index (κ1) is 12.9. The quantitative estimate of drug-likeness (QED) is 0.881. The Kier molecular flexibility index (Phi) is 3.59. The molecule has 2 aromatic carbocycles. The third-order valence-corrected chi connectivity index (χ3v) is 2.81. The molecule has 0 aliphatic carbocycles. The van der Waals surface area contributed by atoms with Crippen molar-refractivity contribution < 1.29 is 18.3 Å². The summed E-state index contributed by atoms with van der Waals surface area (Å²) >= 11 is 5.57. The molecule has 0 heterocycles. The van der Waals surface area contributed by atoms with Crippen molar-refractivity contribution in [2.45, 2.75) is 6.10 Å². The van der Waals surface area contributed by atoms with Gasteiger partial charge >= 0.3 is 0 Å². The zero-order valence-electron chi connectivity index (χ0n) is 9.00. The van der Waals surface area contributed by atoms with E-state index in [-0.39, 0.29) is 16.1 Å². The number of benzene rings is 2. The molecule has 1 N–H and O–H groups in total. The first-order chi connectivity index (χ1) is 8.49. The minimum atomic E-state index is -1.33. The van der Waals surface area contributed by atoms with Crippen molar-refractivity contribution in [1.29, 1.82) is 0 Å². The molecule has 18 heavy (non-hydrogen) atoms. The number of aliphatic hydroxyl groups excluding tert-OH is 1. The molecule has 0 spiro atoms. The van der Waals surface area contributed by atoms with E-state index in [1.807, 2.05) is 0 Å².